The third-order valence-electron chi connectivity index (χ3n) is 5.03. The Kier molecular flexibility index (Phi) is 5.97. The van der Waals surface area contributed by atoms with Crippen molar-refractivity contribution in [2.24, 2.45) is 5.92 Å². The number of amides is 1. The van der Waals surface area contributed by atoms with Crippen molar-refractivity contribution < 1.29 is 4.79 Å². The molecule has 6 heteroatoms. The Labute approximate surface area is 169 Å². The van der Waals surface area contributed by atoms with Crippen LogP contribution in [0.5, 0.6) is 0 Å². The van der Waals surface area contributed by atoms with Crippen molar-refractivity contribution in [3.05, 3.63) is 77.6 Å². The van der Waals surface area contributed by atoms with E-state index < -0.39 is 0 Å². The molecule has 1 fully saturated rings. The van der Waals surface area contributed by atoms with Gasteiger partial charge in [0.1, 0.15) is 5.82 Å². The Morgan fingerprint density at radius 1 is 1.07 bits per heavy atom. The first-order chi connectivity index (χ1) is 13.8. The molecular formula is C22H24N4OS. The molecule has 3 aromatic rings. The number of anilines is 1. The van der Waals surface area contributed by atoms with Gasteiger partial charge in [0.25, 0.3) is 0 Å². The minimum Gasteiger partial charge on any atom is -0.352 e. The average Bonchev–Trinajstić information content (AvgIpc) is 3.22. The van der Waals surface area contributed by atoms with E-state index in [1.165, 1.54) is 17.1 Å². The third-order valence-corrected chi connectivity index (χ3v) is 5.85. The summed E-state index contributed by atoms with van der Waals surface area (Å²) in [5.41, 5.74) is 2.34. The summed E-state index contributed by atoms with van der Waals surface area (Å²) < 4.78 is 4.52. The number of aromatic nitrogens is 2. The summed E-state index contributed by atoms with van der Waals surface area (Å²) in [6.45, 7) is 2.22. The number of hydrogen-bond donors (Lipinski definition) is 1. The second-order valence-corrected chi connectivity index (χ2v) is 7.87. The molecular weight excluding hydrogens is 368 g/mol. The summed E-state index contributed by atoms with van der Waals surface area (Å²) in [6, 6.07) is 20.3. The molecule has 2 aromatic carbocycles. The minimum atomic E-state index is -0.000986. The van der Waals surface area contributed by atoms with Crippen LogP contribution in [-0.4, -0.2) is 28.4 Å². The van der Waals surface area contributed by atoms with Gasteiger partial charge in [-0.05, 0) is 24.0 Å². The largest absolute Gasteiger partial charge is 0.352 e. The van der Waals surface area contributed by atoms with Gasteiger partial charge < -0.3 is 10.2 Å². The van der Waals surface area contributed by atoms with Crippen LogP contribution in [0.1, 0.15) is 29.8 Å². The fraction of sp³-hybridized carbons (Fsp3) is 0.318. The second kappa shape index (κ2) is 8.97. The summed E-state index contributed by atoms with van der Waals surface area (Å²) in [4.78, 5) is 19.6. The first kappa shape index (κ1) is 18.6. The molecule has 1 N–H and O–H groups in total. The Bertz CT molecular complexity index is 897. The van der Waals surface area contributed by atoms with Gasteiger partial charge in [-0.15, -0.1) is 0 Å². The van der Waals surface area contributed by atoms with E-state index in [1.807, 2.05) is 48.5 Å². The lowest BCUT2D eigenvalue weighted by Crippen LogP contribution is -2.43. The Balaban J connectivity index is 1.34. The summed E-state index contributed by atoms with van der Waals surface area (Å²) in [5, 5.41) is 4.00. The van der Waals surface area contributed by atoms with Crippen LogP contribution in [-0.2, 0) is 17.8 Å². The number of piperidine rings is 1. The van der Waals surface area contributed by atoms with Gasteiger partial charge in [0.15, 0.2) is 0 Å². The SMILES string of the molecule is O=C(NCc1ccccc1)C1CCCN(c2nc(Cc3ccccc3)ns2)C1. The van der Waals surface area contributed by atoms with Gasteiger partial charge in [0.2, 0.25) is 11.0 Å². The first-order valence-corrected chi connectivity index (χ1v) is 10.5. The van der Waals surface area contributed by atoms with Gasteiger partial charge in [-0.25, -0.2) is 4.98 Å². The van der Waals surface area contributed by atoms with E-state index in [4.69, 9.17) is 4.98 Å². The fourth-order valence-electron chi connectivity index (χ4n) is 3.52. The lowest BCUT2D eigenvalue weighted by atomic mass is 9.97. The second-order valence-electron chi connectivity index (χ2n) is 7.14. The molecule has 28 heavy (non-hydrogen) atoms. The molecule has 5 nitrogen and oxygen atoms in total. The highest BCUT2D eigenvalue weighted by Gasteiger charge is 2.27. The number of carbonyl (C=O) groups is 1. The highest BCUT2D eigenvalue weighted by atomic mass is 32.1. The van der Waals surface area contributed by atoms with Crippen LogP contribution < -0.4 is 10.2 Å². The van der Waals surface area contributed by atoms with Crippen LogP contribution in [0.4, 0.5) is 5.13 Å². The molecule has 0 aliphatic carbocycles. The monoisotopic (exact) mass is 392 g/mol. The zero-order valence-corrected chi connectivity index (χ0v) is 16.6. The van der Waals surface area contributed by atoms with E-state index in [1.54, 1.807) is 0 Å². The molecule has 0 spiro atoms. The number of hydrogen-bond acceptors (Lipinski definition) is 5. The van der Waals surface area contributed by atoms with Crippen LogP contribution in [0.15, 0.2) is 60.7 Å². The van der Waals surface area contributed by atoms with E-state index in [-0.39, 0.29) is 11.8 Å². The maximum absolute atomic E-state index is 12.6. The molecule has 4 rings (SSSR count). The van der Waals surface area contributed by atoms with Gasteiger partial charge in [-0.2, -0.15) is 4.37 Å². The molecule has 0 bridgehead atoms. The molecule has 1 unspecified atom stereocenters. The maximum atomic E-state index is 12.6. The van der Waals surface area contributed by atoms with Crippen LogP contribution >= 0.6 is 11.5 Å². The normalized spacial score (nSPS) is 16.7. The van der Waals surface area contributed by atoms with Crippen molar-refractivity contribution in [2.75, 3.05) is 18.0 Å². The Morgan fingerprint density at radius 2 is 1.79 bits per heavy atom. The van der Waals surface area contributed by atoms with Crippen molar-refractivity contribution in [1.29, 1.82) is 0 Å². The predicted molar refractivity (Wildman–Crippen MR) is 112 cm³/mol. The van der Waals surface area contributed by atoms with E-state index in [0.29, 0.717) is 13.1 Å². The van der Waals surface area contributed by atoms with Crippen molar-refractivity contribution in [3.63, 3.8) is 0 Å². The number of nitrogens with zero attached hydrogens (tertiary/aromatic N) is 3. The quantitative estimate of drug-likeness (QED) is 0.696. The van der Waals surface area contributed by atoms with E-state index in [9.17, 15) is 4.79 Å². The molecule has 1 saturated heterocycles. The smallest absolute Gasteiger partial charge is 0.225 e. The Morgan fingerprint density at radius 3 is 2.54 bits per heavy atom. The highest BCUT2D eigenvalue weighted by Crippen LogP contribution is 2.25. The molecule has 0 saturated carbocycles. The van der Waals surface area contributed by atoms with Gasteiger partial charge >= 0.3 is 0 Å². The lowest BCUT2D eigenvalue weighted by molar-refractivity contribution is -0.125. The first-order valence-electron chi connectivity index (χ1n) is 9.71. The van der Waals surface area contributed by atoms with E-state index >= 15 is 0 Å². The topological polar surface area (TPSA) is 58.1 Å². The zero-order valence-electron chi connectivity index (χ0n) is 15.8. The van der Waals surface area contributed by atoms with Crippen molar-refractivity contribution in [2.45, 2.75) is 25.8 Å². The summed E-state index contributed by atoms with van der Waals surface area (Å²) in [5.74, 6) is 0.975. The molecule has 1 aliphatic heterocycles. The summed E-state index contributed by atoms with van der Waals surface area (Å²) in [7, 11) is 0. The van der Waals surface area contributed by atoms with Crippen LogP contribution in [0.25, 0.3) is 0 Å². The lowest BCUT2D eigenvalue weighted by Gasteiger charge is -2.31. The van der Waals surface area contributed by atoms with Crippen molar-refractivity contribution >= 4 is 22.6 Å². The molecule has 1 aromatic heterocycles. The highest BCUT2D eigenvalue weighted by molar-refractivity contribution is 7.09. The standard InChI is InChI=1S/C22H24N4OS/c27-21(23-15-18-10-5-2-6-11-18)19-12-7-13-26(16-19)22-24-20(25-28-22)14-17-8-3-1-4-9-17/h1-6,8-11,19H,7,12-16H2,(H,23,27). The predicted octanol–water partition coefficient (Wildman–Crippen LogP) is 3.66. The molecule has 0 radical (unpaired) electrons. The van der Waals surface area contributed by atoms with Gasteiger partial charge in [-0.1, -0.05) is 60.7 Å². The molecule has 1 atom stereocenters. The molecule has 1 amide bonds. The Hall–Kier alpha value is -2.73. The minimum absolute atomic E-state index is 0.000986. The number of carbonyl (C=O) groups excluding carboxylic acids is 1. The van der Waals surface area contributed by atoms with Gasteiger partial charge in [-0.3, -0.25) is 4.79 Å². The number of benzene rings is 2. The summed E-state index contributed by atoms with van der Waals surface area (Å²) in [6.07, 6.45) is 2.66. The van der Waals surface area contributed by atoms with Crippen molar-refractivity contribution in [3.8, 4) is 0 Å². The number of nitrogens with one attached hydrogen (secondary N) is 1. The van der Waals surface area contributed by atoms with Gasteiger partial charge in [0.05, 0.1) is 5.92 Å². The number of rotatable bonds is 6. The molecule has 144 valence electrons. The van der Waals surface area contributed by atoms with Crippen molar-refractivity contribution in [1.82, 2.24) is 14.7 Å². The fourth-order valence-corrected chi connectivity index (χ4v) is 4.24. The van der Waals surface area contributed by atoms with Gasteiger partial charge in [0, 0.05) is 37.6 Å². The summed E-state index contributed by atoms with van der Waals surface area (Å²) >= 11 is 1.43. The zero-order chi connectivity index (χ0) is 19.2. The van der Waals surface area contributed by atoms with Crippen LogP contribution in [0.2, 0.25) is 0 Å². The maximum Gasteiger partial charge on any atom is 0.225 e. The molecule has 1 aliphatic rings. The average molecular weight is 393 g/mol. The molecule has 2 heterocycles. The van der Waals surface area contributed by atoms with Crippen LogP contribution in [0, 0.1) is 5.92 Å². The van der Waals surface area contributed by atoms with E-state index in [0.717, 1.165) is 42.3 Å². The van der Waals surface area contributed by atoms with Crippen LogP contribution in [0.3, 0.4) is 0 Å². The van der Waals surface area contributed by atoms with E-state index in [2.05, 4.69) is 26.7 Å². The third kappa shape index (κ3) is 4.75.